The highest BCUT2D eigenvalue weighted by molar-refractivity contribution is 7.99. The average Bonchev–Trinajstić information content (AvgIpc) is 2.59. The maximum absolute atomic E-state index is 14.1. The molecule has 110 valence electrons. The van der Waals surface area contributed by atoms with E-state index in [0.29, 0.717) is 5.69 Å². The largest absolute Gasteiger partial charge is 0.307 e. The highest BCUT2D eigenvalue weighted by atomic mass is 32.2. The Morgan fingerprint density at radius 3 is 1.96 bits per heavy atom. The number of anilines is 3. The molecule has 0 unspecified atom stereocenters. The van der Waals surface area contributed by atoms with E-state index < -0.39 is 5.82 Å². The van der Waals surface area contributed by atoms with E-state index >= 15 is 0 Å². The number of hydrogen-bond acceptors (Lipinski definition) is 3. The first-order valence-corrected chi connectivity index (χ1v) is 7.96. The third-order valence-corrected chi connectivity index (χ3v) is 4.91. The molecule has 2 nitrogen and oxygen atoms in total. The molecular formula is C19H11FN2S. The van der Waals surface area contributed by atoms with Crippen molar-refractivity contribution in [1.29, 1.82) is 5.26 Å². The molecular weight excluding hydrogens is 307 g/mol. The summed E-state index contributed by atoms with van der Waals surface area (Å²) >= 11 is 1.68. The zero-order chi connectivity index (χ0) is 15.8. The van der Waals surface area contributed by atoms with E-state index in [9.17, 15) is 9.65 Å². The third kappa shape index (κ3) is 2.18. The molecule has 4 heteroatoms. The maximum Gasteiger partial charge on any atom is 0.143 e. The van der Waals surface area contributed by atoms with Gasteiger partial charge in [0.05, 0.1) is 17.1 Å². The lowest BCUT2D eigenvalue weighted by molar-refractivity contribution is 0.624. The molecule has 0 spiro atoms. The van der Waals surface area contributed by atoms with Crippen LogP contribution in [0.1, 0.15) is 5.56 Å². The van der Waals surface area contributed by atoms with Crippen LogP contribution in [0, 0.1) is 17.1 Å². The highest BCUT2D eigenvalue weighted by Crippen LogP contribution is 2.51. The fourth-order valence-electron chi connectivity index (χ4n) is 2.77. The topological polar surface area (TPSA) is 27.0 Å². The van der Waals surface area contributed by atoms with Gasteiger partial charge in [0.25, 0.3) is 0 Å². The van der Waals surface area contributed by atoms with E-state index in [1.54, 1.807) is 23.9 Å². The second kappa shape index (κ2) is 5.45. The summed E-state index contributed by atoms with van der Waals surface area (Å²) in [5, 5.41) is 9.40. The van der Waals surface area contributed by atoms with E-state index in [-0.39, 0.29) is 5.56 Å². The molecule has 0 bridgehead atoms. The van der Waals surface area contributed by atoms with Crippen molar-refractivity contribution in [2.24, 2.45) is 0 Å². The number of fused-ring (bicyclic) bond motifs is 2. The molecule has 0 amide bonds. The molecule has 0 fully saturated rings. The molecule has 23 heavy (non-hydrogen) atoms. The minimum Gasteiger partial charge on any atom is -0.307 e. The van der Waals surface area contributed by atoms with Gasteiger partial charge >= 0.3 is 0 Å². The highest BCUT2D eigenvalue weighted by Gasteiger charge is 2.26. The summed E-state index contributed by atoms with van der Waals surface area (Å²) in [5.41, 5.74) is 2.54. The van der Waals surface area contributed by atoms with Crippen LogP contribution < -0.4 is 4.90 Å². The number of para-hydroxylation sites is 2. The van der Waals surface area contributed by atoms with Crippen LogP contribution in [-0.2, 0) is 0 Å². The number of nitrogens with zero attached hydrogens (tertiary/aromatic N) is 2. The predicted octanol–water partition coefficient (Wildman–Crippen LogP) is 5.63. The summed E-state index contributed by atoms with van der Waals surface area (Å²) in [6.07, 6.45) is 0. The Bertz CT molecular complexity index is 901. The SMILES string of the molecule is N#Cc1c(F)cccc1N1c2ccccc2Sc2ccccc21. The lowest BCUT2D eigenvalue weighted by atomic mass is 10.1. The van der Waals surface area contributed by atoms with Crippen LogP contribution >= 0.6 is 11.8 Å². The van der Waals surface area contributed by atoms with E-state index in [1.165, 1.54) is 6.07 Å². The zero-order valence-corrected chi connectivity index (χ0v) is 12.8. The maximum atomic E-state index is 14.1. The van der Waals surface area contributed by atoms with Crippen LogP contribution in [0.15, 0.2) is 76.5 Å². The fourth-order valence-corrected chi connectivity index (χ4v) is 3.83. The van der Waals surface area contributed by atoms with E-state index in [0.717, 1.165) is 21.2 Å². The van der Waals surface area contributed by atoms with Crippen molar-refractivity contribution < 1.29 is 4.39 Å². The number of halogens is 1. The molecule has 3 aromatic carbocycles. The van der Waals surface area contributed by atoms with Gasteiger partial charge in [-0.25, -0.2) is 4.39 Å². The molecule has 0 radical (unpaired) electrons. The minimum atomic E-state index is -0.502. The smallest absolute Gasteiger partial charge is 0.143 e. The summed E-state index contributed by atoms with van der Waals surface area (Å²) in [4.78, 5) is 4.13. The molecule has 4 rings (SSSR count). The number of hydrogen-bond donors (Lipinski definition) is 0. The Morgan fingerprint density at radius 1 is 0.783 bits per heavy atom. The van der Waals surface area contributed by atoms with Crippen molar-refractivity contribution in [2.75, 3.05) is 4.90 Å². The lowest BCUT2D eigenvalue weighted by Crippen LogP contribution is -2.16. The van der Waals surface area contributed by atoms with E-state index in [2.05, 4.69) is 0 Å². The summed E-state index contributed by atoms with van der Waals surface area (Å²) in [7, 11) is 0. The molecule has 0 saturated heterocycles. The van der Waals surface area contributed by atoms with Crippen molar-refractivity contribution >= 4 is 28.8 Å². The second-order valence-corrected chi connectivity index (χ2v) is 6.20. The van der Waals surface area contributed by atoms with Crippen LogP contribution in [-0.4, -0.2) is 0 Å². The number of rotatable bonds is 1. The zero-order valence-electron chi connectivity index (χ0n) is 12.0. The molecule has 3 aromatic rings. The molecule has 1 heterocycles. The molecule has 1 aliphatic heterocycles. The Hall–Kier alpha value is -2.77. The van der Waals surface area contributed by atoms with E-state index in [1.807, 2.05) is 59.5 Å². The van der Waals surface area contributed by atoms with Crippen molar-refractivity contribution in [3.63, 3.8) is 0 Å². The first-order valence-electron chi connectivity index (χ1n) is 7.14. The Morgan fingerprint density at radius 2 is 1.35 bits per heavy atom. The van der Waals surface area contributed by atoms with Crippen LogP contribution in [0.3, 0.4) is 0 Å². The van der Waals surface area contributed by atoms with Gasteiger partial charge in [0.1, 0.15) is 17.4 Å². The van der Waals surface area contributed by atoms with Gasteiger partial charge in [-0.05, 0) is 36.4 Å². The third-order valence-electron chi connectivity index (χ3n) is 3.78. The normalized spacial score (nSPS) is 12.3. The average molecular weight is 318 g/mol. The van der Waals surface area contributed by atoms with Crippen molar-refractivity contribution in [3.8, 4) is 6.07 Å². The summed E-state index contributed by atoms with van der Waals surface area (Å²) in [5.74, 6) is -0.502. The van der Waals surface area contributed by atoms with Gasteiger partial charge in [0.15, 0.2) is 0 Å². The summed E-state index contributed by atoms with van der Waals surface area (Å²) < 4.78 is 14.1. The molecule has 0 aliphatic carbocycles. The quantitative estimate of drug-likeness (QED) is 0.455. The van der Waals surface area contributed by atoms with E-state index in [4.69, 9.17) is 0 Å². The first kappa shape index (κ1) is 13.9. The molecule has 1 aliphatic rings. The van der Waals surface area contributed by atoms with Gasteiger partial charge in [-0.1, -0.05) is 42.1 Å². The Kier molecular flexibility index (Phi) is 3.29. The van der Waals surface area contributed by atoms with Gasteiger partial charge in [0.2, 0.25) is 0 Å². The Balaban J connectivity index is 2.03. The molecule has 0 saturated carbocycles. The minimum absolute atomic E-state index is 0.0593. The molecule has 0 N–H and O–H groups in total. The van der Waals surface area contributed by atoms with Gasteiger partial charge in [0, 0.05) is 9.79 Å². The van der Waals surface area contributed by atoms with Gasteiger partial charge in [-0.3, -0.25) is 0 Å². The van der Waals surface area contributed by atoms with Crippen LogP contribution in [0.4, 0.5) is 21.5 Å². The number of nitriles is 1. The summed E-state index contributed by atoms with van der Waals surface area (Å²) in [6, 6.07) is 22.7. The molecule has 0 aromatic heterocycles. The monoisotopic (exact) mass is 318 g/mol. The number of benzene rings is 3. The van der Waals surface area contributed by atoms with Crippen LogP contribution in [0.25, 0.3) is 0 Å². The second-order valence-electron chi connectivity index (χ2n) is 5.12. The first-order chi connectivity index (χ1) is 11.3. The lowest BCUT2D eigenvalue weighted by Gasteiger charge is -2.33. The van der Waals surface area contributed by atoms with Gasteiger partial charge in [-0.15, -0.1) is 0 Å². The van der Waals surface area contributed by atoms with Crippen molar-refractivity contribution in [1.82, 2.24) is 0 Å². The van der Waals surface area contributed by atoms with Gasteiger partial charge < -0.3 is 4.90 Å². The fraction of sp³-hybridized carbons (Fsp3) is 0. The van der Waals surface area contributed by atoms with Crippen LogP contribution in [0.2, 0.25) is 0 Å². The van der Waals surface area contributed by atoms with Crippen molar-refractivity contribution in [2.45, 2.75) is 9.79 Å². The standard InChI is InChI=1S/C19H11FN2S/c20-14-6-5-9-15(13(14)12-21)22-16-7-1-3-10-18(16)23-19-11-4-2-8-17(19)22/h1-11H. The van der Waals surface area contributed by atoms with Gasteiger partial charge in [-0.2, -0.15) is 5.26 Å². The van der Waals surface area contributed by atoms with Crippen molar-refractivity contribution in [3.05, 3.63) is 78.1 Å². The molecule has 0 atom stereocenters. The van der Waals surface area contributed by atoms with Crippen LogP contribution in [0.5, 0.6) is 0 Å². The predicted molar refractivity (Wildman–Crippen MR) is 89.9 cm³/mol. The summed E-state index contributed by atoms with van der Waals surface area (Å²) in [6.45, 7) is 0. The Labute approximate surface area is 137 Å².